The second kappa shape index (κ2) is 4.42. The Bertz CT molecular complexity index is 338. The zero-order valence-corrected chi connectivity index (χ0v) is 7.53. The predicted octanol–water partition coefficient (Wildman–Crippen LogP) is 2.19. The number of aryl methyl sites for hydroxylation is 1. The van der Waals surface area contributed by atoms with Gasteiger partial charge in [0.15, 0.2) is 0 Å². The third-order valence-corrected chi connectivity index (χ3v) is 2.06. The lowest BCUT2D eigenvalue weighted by Gasteiger charge is -2.08. The van der Waals surface area contributed by atoms with Crippen LogP contribution in [0.25, 0.3) is 0 Å². The first-order valence-corrected chi connectivity index (χ1v) is 4.17. The maximum atomic E-state index is 10.7. The van der Waals surface area contributed by atoms with Gasteiger partial charge in [-0.3, -0.25) is 0 Å². The Morgan fingerprint density at radius 1 is 1.54 bits per heavy atom. The highest BCUT2D eigenvalue weighted by atomic mass is 16.1. The normalized spacial score (nSPS) is 11.7. The van der Waals surface area contributed by atoms with Crippen molar-refractivity contribution in [2.45, 2.75) is 19.3 Å². The molecule has 0 aliphatic carbocycles. The second-order valence-electron chi connectivity index (χ2n) is 2.96. The quantitative estimate of drug-likeness (QED) is 0.657. The average Bonchev–Trinajstić information content (AvgIpc) is 2.16. The lowest BCUT2D eigenvalue weighted by Crippen LogP contribution is -2.01. The van der Waals surface area contributed by atoms with Gasteiger partial charge >= 0.3 is 0 Å². The highest BCUT2D eigenvalue weighted by Crippen LogP contribution is 2.20. The Morgan fingerprint density at radius 3 is 2.77 bits per heavy atom. The van der Waals surface area contributed by atoms with Crippen molar-refractivity contribution in [3.8, 4) is 6.07 Å². The van der Waals surface area contributed by atoms with Gasteiger partial charge in [-0.05, 0) is 18.1 Å². The van der Waals surface area contributed by atoms with Crippen LogP contribution in [0, 0.1) is 18.3 Å². The van der Waals surface area contributed by atoms with Crippen molar-refractivity contribution in [1.29, 1.82) is 5.26 Å². The molecule has 0 fully saturated rings. The third kappa shape index (κ3) is 2.16. The molecule has 0 radical (unpaired) electrons. The number of rotatable bonds is 3. The summed E-state index contributed by atoms with van der Waals surface area (Å²) in [4.78, 5) is 10.7. The molecule has 0 aromatic heterocycles. The molecule has 0 amide bonds. The van der Waals surface area contributed by atoms with Crippen molar-refractivity contribution in [2.75, 3.05) is 0 Å². The minimum Gasteiger partial charge on any atom is -0.303 e. The molecule has 1 atom stereocenters. The largest absolute Gasteiger partial charge is 0.303 e. The fraction of sp³-hybridized carbons (Fsp3) is 0.273. The Balaban J connectivity index is 2.98. The van der Waals surface area contributed by atoms with E-state index in [2.05, 4.69) is 0 Å². The van der Waals surface area contributed by atoms with Crippen molar-refractivity contribution < 1.29 is 4.79 Å². The summed E-state index contributed by atoms with van der Waals surface area (Å²) in [5.41, 5.74) is 2.02. The van der Waals surface area contributed by atoms with Gasteiger partial charge in [-0.1, -0.05) is 24.3 Å². The van der Waals surface area contributed by atoms with Gasteiger partial charge in [-0.2, -0.15) is 5.26 Å². The van der Waals surface area contributed by atoms with Gasteiger partial charge < -0.3 is 4.79 Å². The number of carbonyl (C=O) groups excluding carboxylic acids is 1. The van der Waals surface area contributed by atoms with Gasteiger partial charge in [0, 0.05) is 6.42 Å². The van der Waals surface area contributed by atoms with Crippen LogP contribution in [-0.2, 0) is 4.79 Å². The number of aldehydes is 1. The van der Waals surface area contributed by atoms with E-state index in [1.165, 1.54) is 0 Å². The molecule has 2 heteroatoms. The molecule has 0 aliphatic rings. The Kier molecular flexibility index (Phi) is 3.22. The van der Waals surface area contributed by atoms with Crippen molar-refractivity contribution in [1.82, 2.24) is 0 Å². The highest BCUT2D eigenvalue weighted by molar-refractivity contribution is 5.63. The Morgan fingerprint density at radius 2 is 2.23 bits per heavy atom. The Labute approximate surface area is 77.8 Å². The van der Waals surface area contributed by atoms with Gasteiger partial charge in [0.25, 0.3) is 0 Å². The molecule has 13 heavy (non-hydrogen) atoms. The molecular weight excluding hydrogens is 162 g/mol. The number of nitrogens with zero attached hydrogens (tertiary/aromatic N) is 1. The molecule has 0 spiro atoms. The molecule has 0 saturated heterocycles. The van der Waals surface area contributed by atoms with Gasteiger partial charge in [-0.25, -0.2) is 0 Å². The molecule has 0 heterocycles. The topological polar surface area (TPSA) is 40.9 Å². The van der Waals surface area contributed by atoms with Crippen molar-refractivity contribution in [3.63, 3.8) is 0 Å². The SMILES string of the molecule is Cc1ccccc1C(C=O)CC#N. The van der Waals surface area contributed by atoms with E-state index in [0.29, 0.717) is 0 Å². The molecule has 66 valence electrons. The first-order chi connectivity index (χ1) is 6.29. The standard InChI is InChI=1S/C11H11NO/c1-9-4-2-3-5-11(9)10(8-13)6-7-12/h2-5,8,10H,6H2,1H3. The maximum Gasteiger partial charge on any atom is 0.128 e. The zero-order chi connectivity index (χ0) is 9.68. The van der Waals surface area contributed by atoms with Crippen LogP contribution in [-0.4, -0.2) is 6.29 Å². The van der Waals surface area contributed by atoms with E-state index >= 15 is 0 Å². The summed E-state index contributed by atoms with van der Waals surface area (Å²) in [6.45, 7) is 1.95. The van der Waals surface area contributed by atoms with Gasteiger partial charge in [-0.15, -0.1) is 0 Å². The molecule has 0 bridgehead atoms. The van der Waals surface area contributed by atoms with Crippen molar-refractivity contribution in [3.05, 3.63) is 35.4 Å². The maximum absolute atomic E-state index is 10.7. The molecule has 0 saturated carbocycles. The molecule has 2 nitrogen and oxygen atoms in total. The van der Waals surface area contributed by atoms with Gasteiger partial charge in [0.05, 0.1) is 12.0 Å². The highest BCUT2D eigenvalue weighted by Gasteiger charge is 2.11. The number of carbonyl (C=O) groups is 1. The summed E-state index contributed by atoms with van der Waals surface area (Å²) in [5.74, 6) is -0.272. The first-order valence-electron chi connectivity index (χ1n) is 4.17. The van der Waals surface area contributed by atoms with Crippen LogP contribution in [0.5, 0.6) is 0 Å². The minimum atomic E-state index is -0.272. The first kappa shape index (κ1) is 9.47. The van der Waals surface area contributed by atoms with E-state index in [9.17, 15) is 4.79 Å². The fourth-order valence-electron chi connectivity index (χ4n) is 1.33. The summed E-state index contributed by atoms with van der Waals surface area (Å²) in [6.07, 6.45) is 1.10. The predicted molar refractivity (Wildman–Crippen MR) is 50.2 cm³/mol. The summed E-state index contributed by atoms with van der Waals surface area (Å²) in [7, 11) is 0. The lowest BCUT2D eigenvalue weighted by molar-refractivity contribution is -0.109. The monoisotopic (exact) mass is 173 g/mol. The van der Waals surface area contributed by atoms with Crippen molar-refractivity contribution in [2.24, 2.45) is 0 Å². The van der Waals surface area contributed by atoms with E-state index < -0.39 is 0 Å². The van der Waals surface area contributed by atoms with E-state index in [1.54, 1.807) is 0 Å². The summed E-state index contributed by atoms with van der Waals surface area (Å²) in [6, 6.07) is 9.66. The lowest BCUT2D eigenvalue weighted by atomic mass is 9.94. The van der Waals surface area contributed by atoms with Crippen LogP contribution in [0.2, 0.25) is 0 Å². The van der Waals surface area contributed by atoms with Gasteiger partial charge in [0.2, 0.25) is 0 Å². The van der Waals surface area contributed by atoms with Crippen molar-refractivity contribution >= 4 is 6.29 Å². The number of hydrogen-bond acceptors (Lipinski definition) is 2. The molecule has 0 N–H and O–H groups in total. The smallest absolute Gasteiger partial charge is 0.128 e. The van der Waals surface area contributed by atoms with Crippen LogP contribution < -0.4 is 0 Å². The van der Waals surface area contributed by atoms with E-state index in [-0.39, 0.29) is 12.3 Å². The molecular formula is C11H11NO. The molecule has 1 aromatic carbocycles. The number of nitriles is 1. The third-order valence-electron chi connectivity index (χ3n) is 2.06. The van der Waals surface area contributed by atoms with Crippen LogP contribution in [0.4, 0.5) is 0 Å². The second-order valence-corrected chi connectivity index (χ2v) is 2.96. The van der Waals surface area contributed by atoms with Crippen LogP contribution in [0.3, 0.4) is 0 Å². The minimum absolute atomic E-state index is 0.258. The van der Waals surface area contributed by atoms with E-state index in [0.717, 1.165) is 17.4 Å². The summed E-state index contributed by atoms with van der Waals surface area (Å²) >= 11 is 0. The fourth-order valence-corrected chi connectivity index (χ4v) is 1.33. The Hall–Kier alpha value is -1.62. The summed E-state index contributed by atoms with van der Waals surface area (Å²) < 4.78 is 0. The van der Waals surface area contributed by atoms with Gasteiger partial charge in [0.1, 0.15) is 6.29 Å². The van der Waals surface area contributed by atoms with Crippen LogP contribution in [0.15, 0.2) is 24.3 Å². The number of benzene rings is 1. The van der Waals surface area contributed by atoms with Crippen LogP contribution in [0.1, 0.15) is 23.5 Å². The van der Waals surface area contributed by atoms with Crippen LogP contribution >= 0.6 is 0 Å². The molecule has 1 rings (SSSR count). The molecule has 1 unspecified atom stereocenters. The average molecular weight is 173 g/mol. The molecule has 1 aromatic rings. The molecule has 0 aliphatic heterocycles. The zero-order valence-electron chi connectivity index (χ0n) is 7.53. The van der Waals surface area contributed by atoms with E-state index in [1.807, 2.05) is 37.3 Å². The van der Waals surface area contributed by atoms with E-state index in [4.69, 9.17) is 5.26 Å². The number of hydrogen-bond donors (Lipinski definition) is 0. The summed E-state index contributed by atoms with van der Waals surface area (Å²) in [5, 5.41) is 8.51.